The monoisotopic (exact) mass is 1200 g/mol. The summed E-state index contributed by atoms with van der Waals surface area (Å²) in [6, 6.07) is 122. The number of anilines is 6. The van der Waals surface area contributed by atoms with Crippen LogP contribution in [-0.2, 0) is 5.41 Å². The Kier molecular flexibility index (Phi) is 12.9. The van der Waals surface area contributed by atoms with Gasteiger partial charge in [0, 0.05) is 55.8 Å². The number of hydrogen-bond donors (Lipinski definition) is 0. The molecule has 4 heteroatoms. The minimum Gasteiger partial charge on any atom is -0.456 e. The van der Waals surface area contributed by atoms with E-state index >= 15 is 0 Å². The lowest BCUT2D eigenvalue weighted by molar-refractivity contribution is 0.590. The molecule has 0 N–H and O–H groups in total. The highest BCUT2D eigenvalue weighted by Crippen LogP contribution is 2.55. The van der Waals surface area contributed by atoms with Crippen LogP contribution < -0.4 is 26.2 Å². The van der Waals surface area contributed by atoms with Crippen LogP contribution in [0.15, 0.2) is 332 Å². The molecule has 16 aromatic rings. The van der Waals surface area contributed by atoms with E-state index in [1.807, 2.05) is 0 Å². The molecule has 3 nitrogen and oxygen atoms in total. The second kappa shape index (κ2) is 22.0. The zero-order valence-electron chi connectivity index (χ0n) is 52.6. The fourth-order valence-electron chi connectivity index (χ4n) is 15.6. The molecule has 0 atom stereocenters. The van der Waals surface area contributed by atoms with Crippen molar-refractivity contribution in [3.8, 4) is 77.9 Å². The van der Waals surface area contributed by atoms with Gasteiger partial charge in [0.1, 0.15) is 11.2 Å². The van der Waals surface area contributed by atoms with Crippen molar-refractivity contribution < 1.29 is 4.42 Å². The summed E-state index contributed by atoms with van der Waals surface area (Å²) in [5.41, 5.74) is 29.5. The van der Waals surface area contributed by atoms with E-state index < -0.39 is 0 Å². The van der Waals surface area contributed by atoms with Gasteiger partial charge in [-0.05, 0) is 141 Å². The van der Waals surface area contributed by atoms with Gasteiger partial charge in [0.2, 0.25) is 0 Å². The van der Waals surface area contributed by atoms with Crippen molar-refractivity contribution in [2.45, 2.75) is 26.2 Å². The van der Waals surface area contributed by atoms with Crippen LogP contribution in [0.25, 0.3) is 121 Å². The zero-order valence-corrected chi connectivity index (χ0v) is 52.6. The largest absolute Gasteiger partial charge is 0.456 e. The van der Waals surface area contributed by atoms with Crippen molar-refractivity contribution in [2.24, 2.45) is 0 Å². The molecule has 442 valence electrons. The van der Waals surface area contributed by atoms with E-state index in [-0.39, 0.29) is 12.1 Å². The van der Waals surface area contributed by atoms with E-state index in [0.717, 1.165) is 117 Å². The van der Waals surface area contributed by atoms with Gasteiger partial charge in [-0.1, -0.05) is 312 Å². The Hall–Kier alpha value is -11.7. The highest BCUT2D eigenvalue weighted by Gasteiger charge is 2.46. The minimum absolute atomic E-state index is 0.243. The maximum Gasteiger partial charge on any atom is 0.252 e. The van der Waals surface area contributed by atoms with Gasteiger partial charge in [0.05, 0.1) is 11.4 Å². The van der Waals surface area contributed by atoms with Crippen LogP contribution in [0.4, 0.5) is 34.1 Å². The van der Waals surface area contributed by atoms with E-state index in [0.29, 0.717) is 0 Å². The maximum absolute atomic E-state index is 6.66. The molecule has 18 rings (SSSR count). The molecule has 0 fully saturated rings. The van der Waals surface area contributed by atoms with Crippen molar-refractivity contribution in [3.63, 3.8) is 0 Å². The zero-order chi connectivity index (χ0) is 62.6. The Morgan fingerprint density at radius 1 is 0.277 bits per heavy atom. The van der Waals surface area contributed by atoms with Gasteiger partial charge in [-0.15, -0.1) is 0 Å². The number of fused-ring (bicyclic) bond motifs is 9. The summed E-state index contributed by atoms with van der Waals surface area (Å²) in [4.78, 5) is 5.36. The fourth-order valence-corrected chi connectivity index (χ4v) is 15.6. The molecule has 0 unspecified atom stereocenters. The lowest BCUT2D eigenvalue weighted by Crippen LogP contribution is -2.61. The lowest BCUT2D eigenvalue weighted by atomic mass is 9.33. The average Bonchev–Trinajstić information content (AvgIpc) is 0.787. The van der Waals surface area contributed by atoms with Gasteiger partial charge in [0.25, 0.3) is 6.71 Å². The van der Waals surface area contributed by atoms with E-state index in [1.165, 1.54) is 60.2 Å². The lowest BCUT2D eigenvalue weighted by Gasteiger charge is -2.46. The highest BCUT2D eigenvalue weighted by molar-refractivity contribution is 7.00. The standard InChI is InChI=1S/C90H63BN2O/c1-90(2,3)65-56-80-87-81(57-65)93(89-69(60-32-13-6-14-33-60)46-26-47-70(89)61-34-15-7-16-35-61)79-55-64(85-73-40-21-19-38-71(73)84(62-36-17-8-18-37-62)72-39-20-22-41-74(72)85)50-52-76(79)91(87)77-54-63(66-43-27-49-83-86(66)75-42-23-24-48-82(75)94-83)51-53-78(77)92(80)88-67(58-28-9-4-10-29-58)44-25-45-68(88)59-30-11-5-12-31-59/h4-57H,1-3H3. The van der Waals surface area contributed by atoms with Gasteiger partial charge >= 0.3 is 0 Å². The molecule has 0 saturated carbocycles. The summed E-state index contributed by atoms with van der Waals surface area (Å²) in [6.45, 7) is 6.89. The molecule has 0 aliphatic carbocycles. The van der Waals surface area contributed by atoms with Crippen LogP contribution in [-0.4, -0.2) is 6.71 Å². The Morgan fingerprint density at radius 3 is 1.16 bits per heavy atom. The molecule has 0 spiro atoms. The van der Waals surface area contributed by atoms with Gasteiger partial charge in [0.15, 0.2) is 0 Å². The Morgan fingerprint density at radius 2 is 0.670 bits per heavy atom. The predicted molar refractivity (Wildman–Crippen MR) is 400 cm³/mol. The fraction of sp³-hybridized carbons (Fsp3) is 0.0444. The van der Waals surface area contributed by atoms with Crippen LogP contribution in [0.2, 0.25) is 0 Å². The van der Waals surface area contributed by atoms with Crippen LogP contribution in [0, 0.1) is 0 Å². The van der Waals surface area contributed by atoms with Crippen molar-refractivity contribution in [2.75, 3.05) is 9.80 Å². The summed E-state index contributed by atoms with van der Waals surface area (Å²) < 4.78 is 6.66. The summed E-state index contributed by atoms with van der Waals surface area (Å²) in [5.74, 6) is 0. The van der Waals surface area contributed by atoms with Gasteiger partial charge < -0.3 is 14.2 Å². The van der Waals surface area contributed by atoms with Crippen molar-refractivity contribution in [1.82, 2.24) is 0 Å². The summed E-state index contributed by atoms with van der Waals surface area (Å²) in [6.07, 6.45) is 0. The first-order valence-corrected chi connectivity index (χ1v) is 32.8. The first-order chi connectivity index (χ1) is 46.3. The van der Waals surface area contributed by atoms with Crippen LogP contribution in [0.5, 0.6) is 0 Å². The molecule has 3 heterocycles. The summed E-state index contributed by atoms with van der Waals surface area (Å²) in [7, 11) is 0. The quantitative estimate of drug-likeness (QED) is 0.106. The van der Waals surface area contributed by atoms with E-state index in [9.17, 15) is 0 Å². The molecule has 0 bridgehead atoms. The third kappa shape index (κ3) is 8.81. The normalized spacial score (nSPS) is 12.6. The molecule has 94 heavy (non-hydrogen) atoms. The molecule has 1 aromatic heterocycles. The number of hydrogen-bond acceptors (Lipinski definition) is 3. The van der Waals surface area contributed by atoms with E-state index in [1.54, 1.807) is 0 Å². The third-order valence-corrected chi connectivity index (χ3v) is 19.8. The SMILES string of the molecule is CC(C)(C)c1cc2c3c(c1)N(c1c(-c4ccccc4)cccc1-c1ccccc1)c1cc(-c4c5ccccc5c(-c5ccccc5)c5ccccc45)ccc1B3c1cc(-c3cccc4oc5ccccc5c34)ccc1N2c1c(-c2ccccc2)cccc1-c1ccccc1. The van der Waals surface area contributed by atoms with Crippen molar-refractivity contribution in [3.05, 3.63) is 333 Å². The third-order valence-electron chi connectivity index (χ3n) is 19.8. The Balaban J connectivity index is 1.01. The second-order valence-electron chi connectivity index (χ2n) is 26.2. The van der Waals surface area contributed by atoms with E-state index in [2.05, 4.69) is 358 Å². The van der Waals surface area contributed by atoms with Gasteiger partial charge in [-0.3, -0.25) is 0 Å². The second-order valence-corrected chi connectivity index (χ2v) is 26.2. The van der Waals surface area contributed by atoms with Crippen LogP contribution in [0.1, 0.15) is 26.3 Å². The molecule has 2 aliphatic heterocycles. The first kappa shape index (κ1) is 55.2. The molecule has 0 amide bonds. The van der Waals surface area contributed by atoms with E-state index in [4.69, 9.17) is 4.42 Å². The summed E-state index contributed by atoms with van der Waals surface area (Å²) in [5, 5.41) is 7.10. The number of nitrogens with zero attached hydrogens (tertiary/aromatic N) is 2. The minimum atomic E-state index is -0.294. The van der Waals surface area contributed by atoms with Crippen molar-refractivity contribution >= 4 is 101 Å². The maximum atomic E-state index is 6.66. The van der Waals surface area contributed by atoms with Gasteiger partial charge in [-0.25, -0.2) is 0 Å². The number of para-hydroxylation sites is 3. The molecular weight excluding hydrogens is 1140 g/mol. The first-order valence-electron chi connectivity index (χ1n) is 32.8. The highest BCUT2D eigenvalue weighted by atomic mass is 16.3. The average molecular weight is 1200 g/mol. The summed E-state index contributed by atoms with van der Waals surface area (Å²) >= 11 is 0. The molecule has 0 saturated heterocycles. The smallest absolute Gasteiger partial charge is 0.252 e. The number of benzene rings is 15. The molecule has 15 aromatic carbocycles. The van der Waals surface area contributed by atoms with Crippen LogP contribution in [0.3, 0.4) is 0 Å². The molecular formula is C90H63BN2O. The molecule has 2 aliphatic rings. The Bertz CT molecular complexity index is 5480. The van der Waals surface area contributed by atoms with Crippen LogP contribution >= 0.6 is 0 Å². The number of rotatable bonds is 9. The van der Waals surface area contributed by atoms with Crippen molar-refractivity contribution in [1.29, 1.82) is 0 Å². The predicted octanol–water partition coefficient (Wildman–Crippen LogP) is 22.9. The van der Waals surface area contributed by atoms with Gasteiger partial charge in [-0.2, -0.15) is 0 Å². The Labute approximate surface area is 548 Å². The molecule has 0 radical (unpaired) electrons. The topological polar surface area (TPSA) is 19.6 Å². The number of furan rings is 1.